The number of carbonyl (C=O) groups is 2. The lowest BCUT2D eigenvalue weighted by Crippen LogP contribution is -2.45. The number of azo groups is 1. The summed E-state index contributed by atoms with van der Waals surface area (Å²) >= 11 is 0. The van der Waals surface area contributed by atoms with Gasteiger partial charge < -0.3 is 15.0 Å². The molecule has 0 aromatic heterocycles. The molecular formula is C25H22N4O3. The van der Waals surface area contributed by atoms with Gasteiger partial charge in [-0.25, -0.2) is 0 Å². The fourth-order valence-electron chi connectivity index (χ4n) is 4.35. The lowest BCUT2D eigenvalue weighted by Gasteiger charge is -2.37. The molecule has 2 heterocycles. The second-order valence-corrected chi connectivity index (χ2v) is 8.13. The molecule has 2 aromatic carbocycles. The summed E-state index contributed by atoms with van der Waals surface area (Å²) in [5, 5.41) is 16.3. The van der Waals surface area contributed by atoms with E-state index in [2.05, 4.69) is 21.5 Å². The predicted octanol–water partition coefficient (Wildman–Crippen LogP) is 3.99. The predicted molar refractivity (Wildman–Crippen MR) is 121 cm³/mol. The monoisotopic (exact) mass is 426 g/mol. The molecular weight excluding hydrogens is 404 g/mol. The van der Waals surface area contributed by atoms with E-state index < -0.39 is 5.78 Å². The van der Waals surface area contributed by atoms with Crippen LogP contribution in [0.4, 0.5) is 5.69 Å². The summed E-state index contributed by atoms with van der Waals surface area (Å²) in [4.78, 5) is 30.7. The maximum absolute atomic E-state index is 13.0. The van der Waals surface area contributed by atoms with Crippen LogP contribution in [0, 0.1) is 5.21 Å². The second-order valence-electron chi connectivity index (χ2n) is 8.13. The molecule has 0 spiro atoms. The summed E-state index contributed by atoms with van der Waals surface area (Å²) < 4.78 is 0. The van der Waals surface area contributed by atoms with Crippen LogP contribution in [0.3, 0.4) is 0 Å². The van der Waals surface area contributed by atoms with Crippen LogP contribution in [0.15, 0.2) is 82.9 Å². The van der Waals surface area contributed by atoms with E-state index in [9.17, 15) is 14.8 Å². The molecule has 2 aliphatic heterocycles. The molecule has 0 atom stereocenters. The summed E-state index contributed by atoms with van der Waals surface area (Å²) in [5.74, 6) is -0.751. The van der Waals surface area contributed by atoms with Gasteiger partial charge in [0.15, 0.2) is 5.70 Å². The zero-order valence-corrected chi connectivity index (χ0v) is 17.7. The quantitative estimate of drug-likeness (QED) is 0.548. The van der Waals surface area contributed by atoms with Gasteiger partial charge >= 0.3 is 0 Å². The number of Topliss-reactive ketones (excluding diaryl/α,β-unsaturated/α-hetero) is 2. The number of piperazine rings is 1. The van der Waals surface area contributed by atoms with Crippen LogP contribution in [-0.2, 0) is 0 Å². The third-order valence-electron chi connectivity index (χ3n) is 6.13. The van der Waals surface area contributed by atoms with Gasteiger partial charge in [-0.15, -0.1) is 0 Å². The van der Waals surface area contributed by atoms with Gasteiger partial charge in [-0.1, -0.05) is 43.0 Å². The minimum atomic E-state index is -0.399. The molecule has 7 nitrogen and oxygen atoms in total. The van der Waals surface area contributed by atoms with Crippen LogP contribution in [0.1, 0.15) is 33.2 Å². The summed E-state index contributed by atoms with van der Waals surface area (Å²) in [7, 11) is 0. The third kappa shape index (κ3) is 3.22. The molecule has 0 amide bonds. The minimum absolute atomic E-state index is 0.0729. The second kappa shape index (κ2) is 7.60. The van der Waals surface area contributed by atoms with Crippen molar-refractivity contribution in [1.29, 1.82) is 0 Å². The van der Waals surface area contributed by atoms with Gasteiger partial charge in [0.1, 0.15) is 5.57 Å². The number of hydrogen-bond acceptors (Lipinski definition) is 6. The number of hydroxylamine groups is 1. The van der Waals surface area contributed by atoms with Crippen molar-refractivity contribution in [2.75, 3.05) is 31.1 Å². The number of carbonyl (C=O) groups excluding carboxylic acids is 2. The average Bonchev–Trinajstić information content (AvgIpc) is 3.14. The number of ketones is 2. The molecule has 0 bridgehead atoms. The van der Waals surface area contributed by atoms with E-state index in [0.29, 0.717) is 10.4 Å². The Hall–Kier alpha value is -4.00. The van der Waals surface area contributed by atoms with Gasteiger partial charge in [0.2, 0.25) is 11.6 Å². The van der Waals surface area contributed by atoms with Crippen molar-refractivity contribution in [3.8, 4) is 0 Å². The molecule has 1 aliphatic carbocycles. The van der Waals surface area contributed by atoms with Crippen molar-refractivity contribution < 1.29 is 14.4 Å². The Morgan fingerprint density at radius 3 is 2.25 bits per heavy atom. The smallest absolute Gasteiger partial charge is 0.259 e. The zero-order valence-electron chi connectivity index (χ0n) is 17.7. The zero-order chi connectivity index (χ0) is 22.4. The van der Waals surface area contributed by atoms with Gasteiger partial charge in [0, 0.05) is 59.9 Å². The normalized spacial score (nSPS) is 19.3. The molecule has 1 saturated heterocycles. The van der Waals surface area contributed by atoms with Crippen LogP contribution in [0.25, 0.3) is 6.08 Å². The number of anilines is 1. The van der Waals surface area contributed by atoms with E-state index in [1.807, 2.05) is 31.2 Å². The molecule has 2 aromatic rings. The standard InChI is InChI=1S/C25H22N4O3/c1-16(2)27-11-13-28(14-12-27)18-9-7-17(8-10-18)15-21-22-23(26-29(21)32)25(31)20-6-4-3-5-19(20)24(22)30/h3-10,15H,1,11-14H2,2H3/b21-15-. The van der Waals surface area contributed by atoms with E-state index in [1.165, 1.54) is 0 Å². The topological polar surface area (TPSA) is 79.0 Å². The van der Waals surface area contributed by atoms with Crippen LogP contribution >= 0.6 is 0 Å². The third-order valence-corrected chi connectivity index (χ3v) is 6.13. The average molecular weight is 426 g/mol. The molecule has 0 unspecified atom stereocenters. The molecule has 0 N–H and O–H groups in total. The Balaban J connectivity index is 1.41. The van der Waals surface area contributed by atoms with E-state index in [0.717, 1.165) is 43.1 Å². The van der Waals surface area contributed by atoms with Crippen LogP contribution in [-0.4, -0.2) is 47.5 Å². The highest BCUT2D eigenvalue weighted by Crippen LogP contribution is 2.36. The first-order chi connectivity index (χ1) is 15.4. The molecule has 32 heavy (non-hydrogen) atoms. The van der Waals surface area contributed by atoms with E-state index >= 15 is 0 Å². The van der Waals surface area contributed by atoms with Crippen LogP contribution in [0.5, 0.6) is 0 Å². The van der Waals surface area contributed by atoms with Crippen molar-refractivity contribution >= 4 is 23.3 Å². The maximum Gasteiger partial charge on any atom is 0.259 e. The number of benzene rings is 2. The fraction of sp³-hybridized carbons (Fsp3) is 0.200. The fourth-order valence-corrected chi connectivity index (χ4v) is 4.35. The largest absolute Gasteiger partial charge is 0.594 e. The van der Waals surface area contributed by atoms with Gasteiger partial charge in [0.05, 0.1) is 0 Å². The van der Waals surface area contributed by atoms with Crippen molar-refractivity contribution in [3.05, 3.63) is 99.7 Å². The SMILES string of the molecule is C=C(C)N1CCN(c2ccc(/C=C3/C4=C(N=[N+]3[O-])C(=O)c3ccccc3C4=O)cc2)CC1. The number of hydrogen-bond donors (Lipinski definition) is 0. The first-order valence-corrected chi connectivity index (χ1v) is 10.5. The summed E-state index contributed by atoms with van der Waals surface area (Å²) in [6, 6.07) is 14.4. The Kier molecular flexibility index (Phi) is 4.74. The number of rotatable bonds is 3. The summed E-state index contributed by atoms with van der Waals surface area (Å²) in [5.41, 5.74) is 3.61. The summed E-state index contributed by atoms with van der Waals surface area (Å²) in [6.45, 7) is 9.72. The van der Waals surface area contributed by atoms with Crippen LogP contribution < -0.4 is 4.90 Å². The van der Waals surface area contributed by atoms with Crippen molar-refractivity contribution in [3.63, 3.8) is 0 Å². The molecule has 0 saturated carbocycles. The number of nitrogens with zero attached hydrogens (tertiary/aromatic N) is 4. The Morgan fingerprint density at radius 2 is 1.62 bits per heavy atom. The van der Waals surface area contributed by atoms with Crippen molar-refractivity contribution in [2.24, 2.45) is 5.11 Å². The lowest BCUT2D eigenvalue weighted by molar-refractivity contribution is -0.462. The van der Waals surface area contributed by atoms with Gasteiger partial charge in [0.25, 0.3) is 5.70 Å². The molecule has 7 heteroatoms. The first-order valence-electron chi connectivity index (χ1n) is 10.5. The Labute approximate surface area is 185 Å². The van der Waals surface area contributed by atoms with E-state index in [1.54, 1.807) is 30.3 Å². The number of allylic oxidation sites excluding steroid dienone is 3. The van der Waals surface area contributed by atoms with Gasteiger partial charge in [-0.3, -0.25) is 9.59 Å². The molecule has 1 fully saturated rings. The van der Waals surface area contributed by atoms with Gasteiger partial charge in [-0.2, -0.15) is 0 Å². The Morgan fingerprint density at radius 1 is 1.00 bits per heavy atom. The highest BCUT2D eigenvalue weighted by atomic mass is 16.5. The highest BCUT2D eigenvalue weighted by molar-refractivity contribution is 6.28. The van der Waals surface area contributed by atoms with Crippen LogP contribution in [0.2, 0.25) is 0 Å². The van der Waals surface area contributed by atoms with E-state index in [4.69, 9.17) is 0 Å². The Bertz CT molecular complexity index is 1250. The first kappa shape index (κ1) is 19.9. The van der Waals surface area contributed by atoms with Gasteiger partial charge in [-0.05, 0) is 29.5 Å². The highest BCUT2D eigenvalue weighted by Gasteiger charge is 2.43. The molecule has 3 aliphatic rings. The molecule has 5 rings (SSSR count). The molecule has 160 valence electrons. The van der Waals surface area contributed by atoms with Crippen molar-refractivity contribution in [2.45, 2.75) is 6.92 Å². The van der Waals surface area contributed by atoms with E-state index in [-0.39, 0.29) is 28.3 Å². The minimum Gasteiger partial charge on any atom is -0.594 e. The number of fused-ring (bicyclic) bond motifs is 1. The summed E-state index contributed by atoms with van der Waals surface area (Å²) in [6.07, 6.45) is 1.61. The lowest BCUT2D eigenvalue weighted by atomic mass is 9.86. The molecule has 0 radical (unpaired) electrons. The maximum atomic E-state index is 13.0. The van der Waals surface area contributed by atoms with Crippen molar-refractivity contribution in [1.82, 2.24) is 4.90 Å².